The van der Waals surface area contributed by atoms with Gasteiger partial charge in [0.05, 0.1) is 5.52 Å². The van der Waals surface area contributed by atoms with Crippen molar-refractivity contribution in [2.45, 2.75) is 6.61 Å². The number of anilines is 2. The summed E-state index contributed by atoms with van der Waals surface area (Å²) in [5.74, 6) is 1.10. The highest BCUT2D eigenvalue weighted by molar-refractivity contribution is 5.90. The smallest absolute Gasteiger partial charge is 0.141 e. The third-order valence-corrected chi connectivity index (χ3v) is 3.96. The van der Waals surface area contributed by atoms with Crippen LogP contribution in [0.3, 0.4) is 0 Å². The third kappa shape index (κ3) is 3.62. The fraction of sp³-hybridized carbons (Fsp3) is 0.0476. The lowest BCUT2D eigenvalue weighted by Gasteiger charge is -2.10. The number of hydrogen-bond donors (Lipinski definition) is 1. The second-order valence-corrected chi connectivity index (χ2v) is 5.81. The van der Waals surface area contributed by atoms with Gasteiger partial charge in [-0.3, -0.25) is 0 Å². The number of hydrogen-bond acceptors (Lipinski definition) is 4. The van der Waals surface area contributed by atoms with Crippen LogP contribution in [0.4, 0.5) is 15.9 Å². The van der Waals surface area contributed by atoms with Crippen molar-refractivity contribution >= 4 is 22.4 Å². The quantitative estimate of drug-likeness (QED) is 0.547. The highest BCUT2D eigenvalue weighted by Gasteiger charge is 2.05. The zero-order valence-corrected chi connectivity index (χ0v) is 13.9. The van der Waals surface area contributed by atoms with E-state index in [9.17, 15) is 4.39 Å². The molecule has 0 aliphatic carbocycles. The van der Waals surface area contributed by atoms with Crippen LogP contribution in [0.2, 0.25) is 0 Å². The molecule has 4 nitrogen and oxygen atoms in total. The Morgan fingerprint density at radius 2 is 1.69 bits per heavy atom. The molecule has 1 aromatic heterocycles. The van der Waals surface area contributed by atoms with E-state index in [2.05, 4.69) is 15.3 Å². The van der Waals surface area contributed by atoms with Crippen LogP contribution in [0.15, 0.2) is 79.1 Å². The lowest BCUT2D eigenvalue weighted by molar-refractivity contribution is 0.306. The van der Waals surface area contributed by atoms with Crippen LogP contribution in [-0.2, 0) is 6.61 Å². The average Bonchev–Trinajstić information content (AvgIpc) is 2.68. The van der Waals surface area contributed by atoms with Crippen LogP contribution >= 0.6 is 0 Å². The van der Waals surface area contributed by atoms with Crippen molar-refractivity contribution in [3.05, 3.63) is 90.5 Å². The maximum atomic E-state index is 13.3. The number of fused-ring (bicyclic) bond motifs is 1. The molecule has 1 heterocycles. The van der Waals surface area contributed by atoms with Gasteiger partial charge in [-0.15, -0.1) is 0 Å². The molecular weight excluding hydrogens is 329 g/mol. The first kappa shape index (κ1) is 16.0. The molecule has 128 valence electrons. The van der Waals surface area contributed by atoms with Gasteiger partial charge in [0, 0.05) is 17.1 Å². The normalized spacial score (nSPS) is 10.7. The molecule has 0 saturated heterocycles. The summed E-state index contributed by atoms with van der Waals surface area (Å²) in [5.41, 5.74) is 2.54. The van der Waals surface area contributed by atoms with Gasteiger partial charge >= 0.3 is 0 Å². The predicted octanol–water partition coefficient (Wildman–Crippen LogP) is 5.09. The Morgan fingerprint density at radius 1 is 0.885 bits per heavy atom. The molecule has 0 saturated carbocycles. The van der Waals surface area contributed by atoms with E-state index in [-0.39, 0.29) is 5.82 Å². The molecule has 5 heteroatoms. The zero-order chi connectivity index (χ0) is 17.8. The summed E-state index contributed by atoms with van der Waals surface area (Å²) in [7, 11) is 0. The maximum Gasteiger partial charge on any atom is 0.141 e. The molecule has 0 aliphatic rings. The number of ether oxygens (including phenoxy) is 1. The van der Waals surface area contributed by atoms with Gasteiger partial charge in [-0.1, -0.05) is 30.3 Å². The summed E-state index contributed by atoms with van der Waals surface area (Å²) in [5, 5.41) is 4.00. The van der Waals surface area contributed by atoms with Crippen LogP contribution in [-0.4, -0.2) is 9.97 Å². The largest absolute Gasteiger partial charge is 0.489 e. The van der Waals surface area contributed by atoms with E-state index in [1.165, 1.54) is 18.5 Å². The van der Waals surface area contributed by atoms with Gasteiger partial charge in [-0.05, 0) is 42.0 Å². The van der Waals surface area contributed by atoms with Crippen LogP contribution in [0.1, 0.15) is 5.56 Å². The van der Waals surface area contributed by atoms with Gasteiger partial charge in [0.25, 0.3) is 0 Å². The highest BCUT2D eigenvalue weighted by atomic mass is 19.1. The molecule has 1 N–H and O–H groups in total. The fourth-order valence-electron chi connectivity index (χ4n) is 2.64. The Labute approximate surface area is 150 Å². The summed E-state index contributed by atoms with van der Waals surface area (Å²) in [6.07, 6.45) is 1.42. The van der Waals surface area contributed by atoms with Crippen molar-refractivity contribution in [1.82, 2.24) is 9.97 Å². The van der Waals surface area contributed by atoms with Crippen LogP contribution in [0.5, 0.6) is 5.75 Å². The summed E-state index contributed by atoms with van der Waals surface area (Å²) in [6.45, 7) is 0.524. The van der Waals surface area contributed by atoms with Crippen molar-refractivity contribution in [1.29, 1.82) is 0 Å². The van der Waals surface area contributed by atoms with E-state index in [4.69, 9.17) is 4.74 Å². The third-order valence-electron chi connectivity index (χ3n) is 3.96. The molecular formula is C21H16FN3O. The Bertz CT molecular complexity index is 1020. The monoisotopic (exact) mass is 345 g/mol. The Kier molecular flexibility index (Phi) is 4.43. The van der Waals surface area contributed by atoms with Gasteiger partial charge in [0.2, 0.25) is 0 Å². The number of halogens is 1. The number of rotatable bonds is 5. The van der Waals surface area contributed by atoms with Gasteiger partial charge in [0.1, 0.15) is 30.3 Å². The van der Waals surface area contributed by atoms with E-state index in [0.29, 0.717) is 17.9 Å². The van der Waals surface area contributed by atoms with E-state index < -0.39 is 0 Å². The molecule has 4 rings (SSSR count). The first-order valence-corrected chi connectivity index (χ1v) is 8.22. The maximum absolute atomic E-state index is 13.3. The van der Waals surface area contributed by atoms with Gasteiger partial charge in [0.15, 0.2) is 0 Å². The van der Waals surface area contributed by atoms with E-state index >= 15 is 0 Å². The summed E-state index contributed by atoms with van der Waals surface area (Å²) in [4.78, 5) is 8.35. The van der Waals surface area contributed by atoms with Crippen LogP contribution < -0.4 is 10.1 Å². The first-order chi connectivity index (χ1) is 12.8. The van der Waals surface area contributed by atoms with Crippen molar-refractivity contribution < 1.29 is 9.13 Å². The van der Waals surface area contributed by atoms with Crippen LogP contribution in [0, 0.1) is 5.82 Å². The molecule has 0 aliphatic heterocycles. The minimum atomic E-state index is -0.318. The molecule has 0 bridgehead atoms. The number of aromatic nitrogens is 2. The van der Waals surface area contributed by atoms with Crippen molar-refractivity contribution in [2.24, 2.45) is 0 Å². The van der Waals surface area contributed by atoms with E-state index in [1.807, 2.05) is 54.6 Å². The zero-order valence-electron chi connectivity index (χ0n) is 13.9. The van der Waals surface area contributed by atoms with E-state index in [0.717, 1.165) is 22.4 Å². The number of nitrogens with zero attached hydrogens (tertiary/aromatic N) is 2. The fourth-order valence-corrected chi connectivity index (χ4v) is 2.64. The Hall–Kier alpha value is -3.47. The molecule has 0 spiro atoms. The topological polar surface area (TPSA) is 47.0 Å². The second-order valence-electron chi connectivity index (χ2n) is 5.81. The first-order valence-electron chi connectivity index (χ1n) is 8.22. The molecule has 0 unspecified atom stereocenters. The van der Waals surface area contributed by atoms with Crippen molar-refractivity contribution in [2.75, 3.05) is 5.32 Å². The number of nitrogens with one attached hydrogen (secondary N) is 1. The Morgan fingerprint density at radius 3 is 2.50 bits per heavy atom. The molecule has 0 atom stereocenters. The van der Waals surface area contributed by atoms with Crippen LogP contribution in [0.25, 0.3) is 10.9 Å². The SMILES string of the molecule is Fc1ccc2c(Nc3ccc(OCc4ccccc4)cc3)ncnc2c1. The summed E-state index contributed by atoms with van der Waals surface area (Å²) >= 11 is 0. The van der Waals surface area contributed by atoms with Gasteiger partial charge in [-0.25, -0.2) is 14.4 Å². The summed E-state index contributed by atoms with van der Waals surface area (Å²) < 4.78 is 19.1. The molecule has 0 amide bonds. The second kappa shape index (κ2) is 7.19. The molecule has 3 aromatic carbocycles. The minimum absolute atomic E-state index is 0.318. The van der Waals surface area contributed by atoms with Gasteiger partial charge in [-0.2, -0.15) is 0 Å². The molecule has 4 aromatic rings. The van der Waals surface area contributed by atoms with Crippen molar-refractivity contribution in [3.63, 3.8) is 0 Å². The predicted molar refractivity (Wildman–Crippen MR) is 100.0 cm³/mol. The summed E-state index contributed by atoms with van der Waals surface area (Å²) in [6, 6.07) is 22.1. The molecule has 0 fully saturated rings. The minimum Gasteiger partial charge on any atom is -0.489 e. The average molecular weight is 345 g/mol. The highest BCUT2D eigenvalue weighted by Crippen LogP contribution is 2.25. The standard InChI is InChI=1S/C21H16FN3O/c22-16-6-11-19-20(12-16)23-14-24-21(19)25-17-7-9-18(10-8-17)26-13-15-4-2-1-3-5-15/h1-12,14H,13H2,(H,23,24,25). The van der Waals surface area contributed by atoms with Crippen molar-refractivity contribution in [3.8, 4) is 5.75 Å². The molecule has 0 radical (unpaired) electrons. The Balaban J connectivity index is 1.48. The lowest BCUT2D eigenvalue weighted by atomic mass is 10.2. The molecule has 26 heavy (non-hydrogen) atoms. The van der Waals surface area contributed by atoms with Gasteiger partial charge < -0.3 is 10.1 Å². The lowest BCUT2D eigenvalue weighted by Crippen LogP contribution is -1.97. The van der Waals surface area contributed by atoms with E-state index in [1.54, 1.807) is 6.07 Å². The number of benzene rings is 3.